The summed E-state index contributed by atoms with van der Waals surface area (Å²) in [6, 6.07) is 4.97. The number of nitrogens with zero attached hydrogens (tertiary/aromatic N) is 2. The van der Waals surface area contributed by atoms with Gasteiger partial charge in [-0.1, -0.05) is 37.1 Å². The van der Waals surface area contributed by atoms with Crippen molar-refractivity contribution >= 4 is 11.6 Å². The molecule has 7 heteroatoms. The van der Waals surface area contributed by atoms with Gasteiger partial charge < -0.3 is 4.74 Å². The van der Waals surface area contributed by atoms with E-state index in [1.807, 2.05) is 6.92 Å². The number of hydrogen-bond donors (Lipinski definition) is 0. The van der Waals surface area contributed by atoms with Crippen molar-refractivity contribution in [3.63, 3.8) is 0 Å². The zero-order valence-electron chi connectivity index (χ0n) is 11.1. The fourth-order valence-corrected chi connectivity index (χ4v) is 2.04. The number of alkyl halides is 3. The molecule has 0 aliphatic carbocycles. The van der Waals surface area contributed by atoms with Crippen LogP contribution in [0.25, 0.3) is 0 Å². The van der Waals surface area contributed by atoms with Crippen molar-refractivity contribution in [3.05, 3.63) is 46.9 Å². The van der Waals surface area contributed by atoms with Gasteiger partial charge in [0.15, 0.2) is 0 Å². The van der Waals surface area contributed by atoms with Crippen molar-refractivity contribution in [1.29, 1.82) is 0 Å². The Morgan fingerprint density at radius 2 is 1.90 bits per heavy atom. The molecule has 112 valence electrons. The molecule has 0 atom stereocenters. The van der Waals surface area contributed by atoms with E-state index in [4.69, 9.17) is 16.3 Å². The Bertz CT molecular complexity index is 632. The summed E-state index contributed by atoms with van der Waals surface area (Å²) in [7, 11) is 0. The van der Waals surface area contributed by atoms with Gasteiger partial charge in [0.2, 0.25) is 5.88 Å². The third-order valence-corrected chi connectivity index (χ3v) is 3.08. The van der Waals surface area contributed by atoms with E-state index in [9.17, 15) is 13.2 Å². The van der Waals surface area contributed by atoms with Crippen LogP contribution in [0.1, 0.15) is 24.5 Å². The van der Waals surface area contributed by atoms with E-state index < -0.39 is 11.7 Å². The fraction of sp³-hybridized carbons (Fsp3) is 0.286. The Balaban J connectivity index is 2.42. The van der Waals surface area contributed by atoms with Gasteiger partial charge in [0.05, 0.1) is 11.1 Å². The smallest absolute Gasteiger partial charge is 0.419 e. The maximum atomic E-state index is 12.9. The second-order valence-electron chi connectivity index (χ2n) is 4.29. The third kappa shape index (κ3) is 3.64. The van der Waals surface area contributed by atoms with Crippen molar-refractivity contribution in [2.45, 2.75) is 25.9 Å². The lowest BCUT2D eigenvalue weighted by atomic mass is 10.2. The minimum atomic E-state index is -4.50. The molecule has 0 radical (unpaired) electrons. The van der Waals surface area contributed by atoms with Crippen LogP contribution < -0.4 is 4.74 Å². The maximum Gasteiger partial charge on any atom is 0.419 e. The quantitative estimate of drug-likeness (QED) is 0.753. The van der Waals surface area contributed by atoms with E-state index >= 15 is 0 Å². The van der Waals surface area contributed by atoms with Gasteiger partial charge in [-0.3, -0.25) is 0 Å². The first-order valence-electron chi connectivity index (χ1n) is 6.27. The van der Waals surface area contributed by atoms with Crippen LogP contribution in [0.4, 0.5) is 13.2 Å². The molecule has 0 N–H and O–H groups in total. The van der Waals surface area contributed by atoms with Crippen LogP contribution in [0.2, 0.25) is 5.15 Å². The molecule has 0 fully saturated rings. The standard InChI is InChI=1S/C14H12ClF3N2O/c1-2-5-9-12(15)19-8-20-13(9)21-11-7-4-3-6-10(11)14(16,17)18/h3-4,6-8H,2,5H2,1H3. The van der Waals surface area contributed by atoms with Gasteiger partial charge in [0.1, 0.15) is 17.2 Å². The van der Waals surface area contributed by atoms with E-state index in [2.05, 4.69) is 9.97 Å². The third-order valence-electron chi connectivity index (χ3n) is 2.75. The van der Waals surface area contributed by atoms with Crippen molar-refractivity contribution in [2.75, 3.05) is 0 Å². The normalized spacial score (nSPS) is 11.5. The first kappa shape index (κ1) is 15.6. The van der Waals surface area contributed by atoms with Crippen LogP contribution in [-0.2, 0) is 12.6 Å². The molecule has 0 aliphatic rings. The second-order valence-corrected chi connectivity index (χ2v) is 4.65. The molecule has 0 bridgehead atoms. The van der Waals surface area contributed by atoms with E-state index in [1.165, 1.54) is 18.2 Å². The molecule has 1 aromatic heterocycles. The summed E-state index contributed by atoms with van der Waals surface area (Å²) in [4.78, 5) is 7.71. The van der Waals surface area contributed by atoms with Gasteiger partial charge >= 0.3 is 6.18 Å². The number of hydrogen-bond acceptors (Lipinski definition) is 3. The van der Waals surface area contributed by atoms with Crippen molar-refractivity contribution in [2.24, 2.45) is 0 Å². The summed E-state index contributed by atoms with van der Waals surface area (Å²) in [6.45, 7) is 1.91. The average molecular weight is 317 g/mol. The van der Waals surface area contributed by atoms with Crippen LogP contribution in [0, 0.1) is 0 Å². The minimum absolute atomic E-state index is 0.0496. The molecule has 0 saturated carbocycles. The lowest BCUT2D eigenvalue weighted by molar-refractivity contribution is -0.138. The van der Waals surface area contributed by atoms with Gasteiger partial charge in [-0.15, -0.1) is 0 Å². The van der Waals surface area contributed by atoms with E-state index in [1.54, 1.807) is 0 Å². The molecule has 2 aromatic rings. The number of benzene rings is 1. The average Bonchev–Trinajstić information content (AvgIpc) is 2.42. The predicted molar refractivity (Wildman–Crippen MR) is 72.6 cm³/mol. The Hall–Kier alpha value is -1.82. The Labute approximate surface area is 124 Å². The largest absolute Gasteiger partial charge is 0.438 e. The Kier molecular flexibility index (Phi) is 4.67. The van der Waals surface area contributed by atoms with E-state index in [0.29, 0.717) is 12.0 Å². The zero-order valence-corrected chi connectivity index (χ0v) is 11.9. The zero-order chi connectivity index (χ0) is 15.5. The van der Waals surface area contributed by atoms with Crippen LogP contribution >= 0.6 is 11.6 Å². The van der Waals surface area contributed by atoms with Gasteiger partial charge in [-0.25, -0.2) is 9.97 Å². The summed E-state index contributed by atoms with van der Waals surface area (Å²) >= 11 is 5.95. The number of aromatic nitrogens is 2. The summed E-state index contributed by atoms with van der Waals surface area (Å²) in [6.07, 6.45) is -2.08. The SMILES string of the molecule is CCCc1c(Cl)ncnc1Oc1ccccc1C(F)(F)F. The Morgan fingerprint density at radius 3 is 2.57 bits per heavy atom. The van der Waals surface area contributed by atoms with Crippen LogP contribution in [-0.4, -0.2) is 9.97 Å². The molecule has 21 heavy (non-hydrogen) atoms. The number of rotatable bonds is 4. The van der Waals surface area contributed by atoms with Gasteiger partial charge in [0, 0.05) is 0 Å². The highest BCUT2D eigenvalue weighted by Crippen LogP contribution is 2.38. The molecular formula is C14H12ClF3N2O. The highest BCUT2D eigenvalue weighted by atomic mass is 35.5. The monoisotopic (exact) mass is 316 g/mol. The highest BCUT2D eigenvalue weighted by molar-refractivity contribution is 6.30. The minimum Gasteiger partial charge on any atom is -0.438 e. The first-order chi connectivity index (χ1) is 9.93. The topological polar surface area (TPSA) is 35.0 Å². The van der Waals surface area contributed by atoms with E-state index in [-0.39, 0.29) is 16.8 Å². The number of para-hydroxylation sites is 1. The molecule has 0 amide bonds. The Morgan fingerprint density at radius 1 is 1.19 bits per heavy atom. The van der Waals surface area contributed by atoms with Gasteiger partial charge in [0.25, 0.3) is 0 Å². The number of ether oxygens (including phenoxy) is 1. The van der Waals surface area contributed by atoms with Crippen LogP contribution in [0.3, 0.4) is 0 Å². The first-order valence-corrected chi connectivity index (χ1v) is 6.64. The maximum absolute atomic E-state index is 12.9. The molecular weight excluding hydrogens is 305 g/mol. The second kappa shape index (κ2) is 6.30. The summed E-state index contributed by atoms with van der Waals surface area (Å²) < 4.78 is 44.2. The summed E-state index contributed by atoms with van der Waals surface area (Å²) in [5.74, 6) is -0.259. The molecule has 0 aliphatic heterocycles. The molecule has 0 saturated heterocycles. The lowest BCUT2D eigenvalue weighted by Crippen LogP contribution is -2.08. The summed E-state index contributed by atoms with van der Waals surface area (Å²) in [5.41, 5.74) is -0.360. The van der Waals surface area contributed by atoms with Crippen LogP contribution in [0.15, 0.2) is 30.6 Å². The predicted octanol–water partition coefficient (Wildman–Crippen LogP) is 4.89. The number of halogens is 4. The summed E-state index contributed by atoms with van der Waals surface area (Å²) in [5, 5.41) is 0.186. The van der Waals surface area contributed by atoms with E-state index in [0.717, 1.165) is 18.8 Å². The molecule has 3 nitrogen and oxygen atoms in total. The van der Waals surface area contributed by atoms with Crippen molar-refractivity contribution in [1.82, 2.24) is 9.97 Å². The van der Waals surface area contributed by atoms with Gasteiger partial charge in [-0.05, 0) is 18.6 Å². The van der Waals surface area contributed by atoms with Crippen molar-refractivity contribution in [3.8, 4) is 11.6 Å². The molecule has 1 aromatic carbocycles. The van der Waals surface area contributed by atoms with Gasteiger partial charge in [-0.2, -0.15) is 13.2 Å². The highest BCUT2D eigenvalue weighted by Gasteiger charge is 2.34. The molecule has 0 spiro atoms. The molecule has 2 rings (SSSR count). The lowest BCUT2D eigenvalue weighted by Gasteiger charge is -2.14. The van der Waals surface area contributed by atoms with Crippen molar-refractivity contribution < 1.29 is 17.9 Å². The van der Waals surface area contributed by atoms with Crippen LogP contribution in [0.5, 0.6) is 11.6 Å². The molecule has 0 unspecified atom stereocenters. The molecule has 1 heterocycles. The fourth-order valence-electron chi connectivity index (χ4n) is 1.82.